The molecule has 7 aromatic carbocycles. The van der Waals surface area contributed by atoms with Crippen LogP contribution in [0, 0.1) is 0 Å². The topological polar surface area (TPSA) is 51.8 Å². The van der Waals surface area contributed by atoms with Gasteiger partial charge in [-0.25, -0.2) is 15.0 Å². The van der Waals surface area contributed by atoms with Gasteiger partial charge in [-0.05, 0) is 44.8 Å². The van der Waals surface area contributed by atoms with Crippen molar-refractivity contribution in [1.82, 2.24) is 15.0 Å². The maximum absolute atomic E-state index is 9.35. The van der Waals surface area contributed by atoms with Crippen molar-refractivity contribution in [3.05, 3.63) is 151 Å². The van der Waals surface area contributed by atoms with Crippen molar-refractivity contribution in [3.63, 3.8) is 0 Å². The summed E-state index contributed by atoms with van der Waals surface area (Å²) < 4.78 is 225. The van der Waals surface area contributed by atoms with E-state index in [4.69, 9.17) is 31.8 Å². The minimum atomic E-state index is -1.01. The molecule has 0 aliphatic carbocycles. The molecule has 4 heteroatoms. The number of furan rings is 1. The highest BCUT2D eigenvalue weighted by molar-refractivity contribution is 6.24. The van der Waals surface area contributed by atoms with Gasteiger partial charge in [0.15, 0.2) is 17.5 Å². The van der Waals surface area contributed by atoms with Crippen LogP contribution in [0.2, 0.25) is 0 Å². The van der Waals surface area contributed by atoms with Crippen LogP contribution in [-0.4, -0.2) is 15.0 Å². The zero-order valence-corrected chi connectivity index (χ0v) is 22.2. The van der Waals surface area contributed by atoms with Crippen molar-refractivity contribution in [2.24, 2.45) is 0 Å². The molecule has 0 saturated heterocycles. The van der Waals surface area contributed by atoms with Gasteiger partial charge in [-0.15, -0.1) is 0 Å². The monoisotopic (exact) mass is 600 g/mol. The first kappa shape index (κ1) is 10.8. The quantitative estimate of drug-likeness (QED) is 0.202. The van der Waals surface area contributed by atoms with Crippen LogP contribution < -0.4 is 0 Å². The van der Waals surface area contributed by atoms with E-state index in [1.54, 1.807) is 0 Å². The molecule has 0 unspecified atom stereocenters. The second-order valence-corrected chi connectivity index (χ2v) is 9.32. The molecule has 0 saturated carbocycles. The minimum Gasteiger partial charge on any atom is -0.456 e. The molecule has 4 nitrogen and oxygen atoms in total. The fourth-order valence-electron chi connectivity index (χ4n) is 4.93. The molecular formula is C41H25N3O. The van der Waals surface area contributed by atoms with Gasteiger partial charge in [-0.2, -0.15) is 0 Å². The summed E-state index contributed by atoms with van der Waals surface area (Å²) >= 11 is 0. The van der Waals surface area contributed by atoms with Crippen molar-refractivity contribution in [1.29, 1.82) is 0 Å². The van der Waals surface area contributed by atoms with E-state index in [9.17, 15) is 6.85 Å². The summed E-state index contributed by atoms with van der Waals surface area (Å²) in [6.45, 7) is 0. The Labute approximate surface area is 294 Å². The van der Waals surface area contributed by atoms with Gasteiger partial charge in [0.2, 0.25) is 0 Å². The maximum atomic E-state index is 9.35. The maximum Gasteiger partial charge on any atom is 0.164 e. The van der Waals surface area contributed by atoms with Crippen molar-refractivity contribution < 1.29 is 38.7 Å². The molecule has 45 heavy (non-hydrogen) atoms. The lowest BCUT2D eigenvalue weighted by Gasteiger charge is -2.13. The Morgan fingerprint density at radius 1 is 0.378 bits per heavy atom. The first-order valence-corrected chi connectivity index (χ1v) is 13.0. The van der Waals surface area contributed by atoms with Gasteiger partial charge in [0.25, 0.3) is 0 Å². The molecule has 0 aliphatic heterocycles. The first-order chi connectivity index (χ1) is 32.7. The van der Waals surface area contributed by atoms with Gasteiger partial charge in [0.1, 0.15) is 11.2 Å². The van der Waals surface area contributed by atoms with Gasteiger partial charge in [-0.3, -0.25) is 0 Å². The summed E-state index contributed by atoms with van der Waals surface area (Å²) in [4.78, 5) is 12.9. The predicted molar refractivity (Wildman–Crippen MR) is 184 cm³/mol. The van der Waals surface area contributed by atoms with Gasteiger partial charge < -0.3 is 4.42 Å². The van der Waals surface area contributed by atoms with E-state index < -0.39 is 240 Å². The average Bonchev–Trinajstić information content (AvgIpc) is 3.73. The lowest BCUT2D eigenvalue weighted by Crippen LogP contribution is -2.00. The van der Waals surface area contributed by atoms with Gasteiger partial charge in [0.05, 0.1) is 34.3 Å². The fourth-order valence-corrected chi connectivity index (χ4v) is 4.93. The number of fused-ring (bicyclic) bond motifs is 6. The van der Waals surface area contributed by atoms with Crippen molar-refractivity contribution in [2.75, 3.05) is 0 Å². The third-order valence-electron chi connectivity index (χ3n) is 6.82. The van der Waals surface area contributed by atoms with Gasteiger partial charge in [0, 0.05) is 27.5 Å². The van der Waals surface area contributed by atoms with Crippen LogP contribution in [-0.2, 0) is 0 Å². The van der Waals surface area contributed by atoms with E-state index in [2.05, 4.69) is 15.0 Å². The Balaban J connectivity index is 1.54. The standard InChI is InChI=1S/C41H25N3O/c1-3-13-27(14-4-1)39-42-40(28-15-5-2-6-16-28)44-41(43-39)34-22-10-18-30-31(19-9-20-32(30)34)33-21-11-23-35-38(33)37-29-17-8-7-12-26(29)24-25-36(37)45-35/h1-25H/i1D,2D,3D,4D,5D,6D,7D,8D,9D,10D,11D,12D,13D,14D,15D,16D,17D,18D,19D,20D,21D,22D,23D,24D,25D. The highest BCUT2D eigenvalue weighted by Crippen LogP contribution is 2.43. The molecule has 9 aromatic rings. The summed E-state index contributed by atoms with van der Waals surface area (Å²) in [5.41, 5.74) is -4.69. The third kappa shape index (κ3) is 4.19. The first-order valence-electron chi connectivity index (χ1n) is 25.5. The van der Waals surface area contributed by atoms with Crippen LogP contribution in [0.3, 0.4) is 0 Å². The van der Waals surface area contributed by atoms with Crippen molar-refractivity contribution >= 4 is 43.5 Å². The average molecular weight is 601 g/mol. The Hall–Kier alpha value is -6.13. The number of hydrogen-bond donors (Lipinski definition) is 0. The zero-order valence-electron chi connectivity index (χ0n) is 47.2. The van der Waals surface area contributed by atoms with Crippen LogP contribution in [0.5, 0.6) is 0 Å². The Bertz CT molecular complexity index is 3820. The predicted octanol–water partition coefficient (Wildman–Crippen LogP) is 10.7. The third-order valence-corrected chi connectivity index (χ3v) is 6.82. The van der Waals surface area contributed by atoms with Crippen LogP contribution in [0.1, 0.15) is 34.3 Å². The smallest absolute Gasteiger partial charge is 0.164 e. The SMILES string of the molecule is [2H]c1c([2H])c([2H])c(-c2nc(-c3c([2H])c([2H])c([2H])c([2H])c3[2H])nc(-c3c([2H])c([2H])c([2H])c4c(-c5c([2H])c([2H])c([2H])c6oc7c([2H])c([2H])c8c([2H])c([2H])c([2H])c([2H])c8c7c56)c([2H])c([2H])c([2H])c34)n2)c([2H])c1[2H]. The summed E-state index contributed by atoms with van der Waals surface area (Å²) in [7, 11) is 0. The van der Waals surface area contributed by atoms with Crippen LogP contribution in [0.15, 0.2) is 155 Å². The normalized spacial score (nSPS) is 19.3. The second-order valence-electron chi connectivity index (χ2n) is 9.32. The number of rotatable bonds is 4. The number of hydrogen-bond acceptors (Lipinski definition) is 4. The van der Waals surface area contributed by atoms with Crippen LogP contribution in [0.25, 0.3) is 88.8 Å². The Morgan fingerprint density at radius 3 is 1.64 bits per heavy atom. The largest absolute Gasteiger partial charge is 0.456 e. The molecule has 0 radical (unpaired) electrons. The van der Waals surface area contributed by atoms with E-state index >= 15 is 0 Å². The second kappa shape index (κ2) is 10.2. The minimum absolute atomic E-state index is 0.400. The molecule has 0 amide bonds. The van der Waals surface area contributed by atoms with Crippen LogP contribution in [0.4, 0.5) is 0 Å². The molecule has 0 fully saturated rings. The van der Waals surface area contributed by atoms with Crippen LogP contribution >= 0.6 is 0 Å². The van der Waals surface area contributed by atoms with Gasteiger partial charge in [-0.1, -0.05) is 139 Å². The molecule has 2 heterocycles. The summed E-state index contributed by atoms with van der Waals surface area (Å²) in [6.07, 6.45) is 0. The molecule has 0 N–H and O–H groups in total. The zero-order chi connectivity index (χ0) is 51.5. The fraction of sp³-hybridized carbons (Fsp3) is 0. The molecule has 0 aliphatic rings. The van der Waals surface area contributed by atoms with E-state index in [-0.39, 0.29) is 0 Å². The van der Waals surface area contributed by atoms with E-state index in [0.717, 1.165) is 0 Å². The number of benzene rings is 7. The Kier molecular flexibility index (Phi) is 2.46. The van der Waals surface area contributed by atoms with Crippen molar-refractivity contribution in [2.45, 2.75) is 0 Å². The molecule has 0 bridgehead atoms. The van der Waals surface area contributed by atoms with Crippen molar-refractivity contribution in [3.8, 4) is 45.3 Å². The summed E-state index contributed by atoms with van der Waals surface area (Å²) in [5, 5.41) is -3.18. The number of nitrogens with zero attached hydrogens (tertiary/aromatic N) is 3. The molecule has 0 atom stereocenters. The molecule has 2 aromatic heterocycles. The van der Waals surface area contributed by atoms with E-state index in [1.165, 1.54) is 0 Å². The molecule has 210 valence electrons. The van der Waals surface area contributed by atoms with E-state index in [1.807, 2.05) is 0 Å². The van der Waals surface area contributed by atoms with E-state index in [0.29, 0.717) is 0 Å². The lowest BCUT2D eigenvalue weighted by atomic mass is 9.92. The van der Waals surface area contributed by atoms with Gasteiger partial charge >= 0.3 is 0 Å². The summed E-state index contributed by atoms with van der Waals surface area (Å²) in [6, 6.07) is -21.8. The molecule has 0 spiro atoms. The Morgan fingerprint density at radius 2 is 0.911 bits per heavy atom. The lowest BCUT2D eigenvalue weighted by molar-refractivity contribution is 0.669. The highest BCUT2D eigenvalue weighted by atomic mass is 16.3. The molecule has 9 rings (SSSR count). The number of aromatic nitrogens is 3. The summed E-state index contributed by atoms with van der Waals surface area (Å²) in [5.74, 6) is -2.47. The molecular weight excluding hydrogens is 550 g/mol. The highest BCUT2D eigenvalue weighted by Gasteiger charge is 2.18.